The third-order valence-electron chi connectivity index (χ3n) is 6.41. The van der Waals surface area contributed by atoms with E-state index in [1.165, 1.54) is 25.6 Å². The minimum absolute atomic E-state index is 0.223. The zero-order valence-electron chi connectivity index (χ0n) is 24.4. The summed E-state index contributed by atoms with van der Waals surface area (Å²) in [4.78, 5) is 21.6. The molecule has 0 unspecified atom stereocenters. The van der Waals surface area contributed by atoms with Crippen molar-refractivity contribution in [2.45, 2.75) is 64.5 Å². The van der Waals surface area contributed by atoms with Crippen LogP contribution in [0, 0.1) is 11.3 Å². The van der Waals surface area contributed by atoms with Gasteiger partial charge in [0.1, 0.15) is 30.0 Å². The number of aromatic nitrogens is 2. The second kappa shape index (κ2) is 18.0. The Morgan fingerprint density at radius 1 is 1.19 bits per heavy atom. The molecule has 3 rings (SSSR count). The van der Waals surface area contributed by atoms with E-state index in [4.69, 9.17) is 30.7 Å². The number of hydrogen-bond donors (Lipinski definition) is 3. The fourth-order valence-corrected chi connectivity index (χ4v) is 4.22. The SMILES string of the molecule is CCOCCCO/C(N)=C(/C=NC1CCCCC1)Nc1ncc(-c2ccc(C#N)c(O[C@@H](C)CN=CN=CN)c2)cn1. The number of rotatable bonds is 16. The van der Waals surface area contributed by atoms with Gasteiger partial charge in [0.15, 0.2) is 0 Å². The van der Waals surface area contributed by atoms with Crippen LogP contribution in [0.2, 0.25) is 0 Å². The smallest absolute Gasteiger partial charge is 0.227 e. The second-order valence-corrected chi connectivity index (χ2v) is 9.70. The van der Waals surface area contributed by atoms with Gasteiger partial charge < -0.3 is 31.0 Å². The van der Waals surface area contributed by atoms with Crippen molar-refractivity contribution in [2.75, 3.05) is 31.7 Å². The molecule has 0 aliphatic heterocycles. The van der Waals surface area contributed by atoms with Gasteiger partial charge in [-0.15, -0.1) is 0 Å². The highest BCUT2D eigenvalue weighted by Gasteiger charge is 2.14. The van der Waals surface area contributed by atoms with Crippen LogP contribution in [0.15, 0.2) is 57.2 Å². The van der Waals surface area contributed by atoms with Crippen molar-refractivity contribution in [1.29, 1.82) is 5.26 Å². The van der Waals surface area contributed by atoms with Crippen LogP contribution < -0.4 is 21.5 Å². The molecule has 42 heavy (non-hydrogen) atoms. The number of allylic oxidation sites excluding steroid dienone is 1. The van der Waals surface area contributed by atoms with E-state index in [2.05, 4.69) is 31.3 Å². The molecule has 2 aromatic rings. The topological polar surface area (TPSA) is 178 Å². The Hall–Kier alpha value is -4.50. The number of aliphatic imine (C=N–C) groups is 3. The molecule has 12 heteroatoms. The van der Waals surface area contributed by atoms with E-state index in [1.54, 1.807) is 30.7 Å². The molecular weight excluding hydrogens is 534 g/mol. The minimum atomic E-state index is -0.285. The van der Waals surface area contributed by atoms with Crippen LogP contribution in [0.3, 0.4) is 0 Å². The minimum Gasteiger partial charge on any atom is -0.487 e. The summed E-state index contributed by atoms with van der Waals surface area (Å²) >= 11 is 0. The molecule has 0 radical (unpaired) electrons. The van der Waals surface area contributed by atoms with E-state index in [0.29, 0.717) is 49.3 Å². The van der Waals surface area contributed by atoms with Crippen molar-refractivity contribution in [3.05, 3.63) is 47.7 Å². The van der Waals surface area contributed by atoms with E-state index in [1.807, 2.05) is 19.9 Å². The molecule has 0 amide bonds. The Labute approximate surface area is 247 Å². The summed E-state index contributed by atoms with van der Waals surface area (Å²) < 4.78 is 17.1. The summed E-state index contributed by atoms with van der Waals surface area (Å²) in [5.74, 6) is 1.02. The number of ether oxygens (including phenoxy) is 3. The lowest BCUT2D eigenvalue weighted by molar-refractivity contribution is 0.114. The molecule has 1 fully saturated rings. The number of nitrogens with one attached hydrogen (secondary N) is 1. The zero-order valence-corrected chi connectivity index (χ0v) is 24.4. The summed E-state index contributed by atoms with van der Waals surface area (Å²) in [6.45, 7) is 5.86. The molecule has 224 valence electrons. The Kier molecular flexibility index (Phi) is 13.8. The first-order chi connectivity index (χ1) is 20.5. The molecule has 1 heterocycles. The molecule has 1 aromatic heterocycles. The maximum atomic E-state index is 9.56. The van der Waals surface area contributed by atoms with Crippen molar-refractivity contribution in [3.63, 3.8) is 0 Å². The van der Waals surface area contributed by atoms with E-state index in [0.717, 1.165) is 36.7 Å². The zero-order chi connectivity index (χ0) is 30.0. The Bertz CT molecular complexity index is 1260. The quantitative estimate of drug-likeness (QED) is 0.115. The Balaban J connectivity index is 1.73. The lowest BCUT2D eigenvalue weighted by atomic mass is 9.96. The molecule has 1 aromatic carbocycles. The van der Waals surface area contributed by atoms with Crippen molar-refractivity contribution < 1.29 is 14.2 Å². The van der Waals surface area contributed by atoms with Crippen LogP contribution in [0.1, 0.15) is 57.9 Å². The third kappa shape index (κ3) is 10.8. The Morgan fingerprint density at radius 2 is 1.98 bits per heavy atom. The summed E-state index contributed by atoms with van der Waals surface area (Å²) in [6.07, 6.45) is 13.8. The highest BCUT2D eigenvalue weighted by Crippen LogP contribution is 2.28. The van der Waals surface area contributed by atoms with Crippen LogP contribution in [0.4, 0.5) is 5.95 Å². The van der Waals surface area contributed by atoms with Gasteiger partial charge in [-0.25, -0.2) is 15.0 Å². The van der Waals surface area contributed by atoms with Gasteiger partial charge in [0.25, 0.3) is 0 Å². The van der Waals surface area contributed by atoms with Gasteiger partial charge in [-0.1, -0.05) is 25.3 Å². The lowest BCUT2D eigenvalue weighted by Gasteiger charge is -2.18. The van der Waals surface area contributed by atoms with E-state index >= 15 is 0 Å². The monoisotopic (exact) mass is 575 g/mol. The molecule has 1 atom stereocenters. The fourth-order valence-electron chi connectivity index (χ4n) is 4.22. The third-order valence-corrected chi connectivity index (χ3v) is 6.41. The van der Waals surface area contributed by atoms with Crippen molar-refractivity contribution in [3.8, 4) is 22.9 Å². The first-order valence-electron chi connectivity index (χ1n) is 14.3. The lowest BCUT2D eigenvalue weighted by Crippen LogP contribution is -2.17. The van der Waals surface area contributed by atoms with Crippen LogP contribution in [0.5, 0.6) is 5.75 Å². The largest absolute Gasteiger partial charge is 0.487 e. The molecule has 12 nitrogen and oxygen atoms in total. The van der Waals surface area contributed by atoms with Gasteiger partial charge in [-0.05, 0) is 44.4 Å². The van der Waals surface area contributed by atoms with Crippen LogP contribution in [0.25, 0.3) is 11.1 Å². The number of nitriles is 1. The first kappa shape index (κ1) is 32.0. The maximum Gasteiger partial charge on any atom is 0.227 e. The highest BCUT2D eigenvalue weighted by molar-refractivity contribution is 5.83. The molecule has 0 bridgehead atoms. The van der Waals surface area contributed by atoms with Crippen molar-refractivity contribution in [1.82, 2.24) is 9.97 Å². The molecular formula is C30H41N9O3. The van der Waals surface area contributed by atoms with E-state index in [9.17, 15) is 5.26 Å². The summed E-state index contributed by atoms with van der Waals surface area (Å²) in [5.41, 5.74) is 14.0. The number of nitrogens with zero attached hydrogens (tertiary/aromatic N) is 6. The molecule has 1 aliphatic carbocycles. The van der Waals surface area contributed by atoms with E-state index < -0.39 is 0 Å². The number of nitrogens with two attached hydrogens (primary N) is 2. The molecule has 5 N–H and O–H groups in total. The summed E-state index contributed by atoms with van der Waals surface area (Å²) in [6, 6.07) is 7.76. The van der Waals surface area contributed by atoms with Crippen LogP contribution in [-0.2, 0) is 9.47 Å². The van der Waals surface area contributed by atoms with Crippen LogP contribution in [-0.4, -0.2) is 67.4 Å². The molecule has 1 saturated carbocycles. The first-order valence-corrected chi connectivity index (χ1v) is 14.3. The molecule has 1 aliphatic rings. The predicted octanol–water partition coefficient (Wildman–Crippen LogP) is 4.18. The van der Waals surface area contributed by atoms with Gasteiger partial charge in [0.2, 0.25) is 11.8 Å². The molecule has 0 spiro atoms. The normalized spacial score (nSPS) is 15.5. The van der Waals surface area contributed by atoms with Gasteiger partial charge in [0.05, 0.1) is 37.3 Å². The molecule has 0 saturated heterocycles. The number of anilines is 1. The highest BCUT2D eigenvalue weighted by atomic mass is 16.5. The van der Waals surface area contributed by atoms with Crippen LogP contribution >= 0.6 is 0 Å². The van der Waals surface area contributed by atoms with E-state index in [-0.39, 0.29) is 18.0 Å². The predicted molar refractivity (Wildman–Crippen MR) is 166 cm³/mol. The van der Waals surface area contributed by atoms with Crippen molar-refractivity contribution >= 4 is 24.8 Å². The second-order valence-electron chi connectivity index (χ2n) is 9.70. The van der Waals surface area contributed by atoms with Gasteiger partial charge in [-0.3, -0.25) is 9.98 Å². The van der Waals surface area contributed by atoms with Gasteiger partial charge in [-0.2, -0.15) is 5.26 Å². The average molecular weight is 576 g/mol. The fraction of sp³-hybridized carbons (Fsp3) is 0.467. The van der Waals surface area contributed by atoms with Gasteiger partial charge in [0, 0.05) is 37.6 Å². The van der Waals surface area contributed by atoms with Crippen molar-refractivity contribution in [2.24, 2.45) is 26.4 Å². The number of hydrogen-bond acceptors (Lipinski definition) is 10. The number of benzene rings is 1. The maximum absolute atomic E-state index is 9.56. The Morgan fingerprint density at radius 3 is 2.69 bits per heavy atom. The summed E-state index contributed by atoms with van der Waals surface area (Å²) in [7, 11) is 0. The standard InChI is InChI=1S/C30H41N9O3/c1-3-40-12-7-13-41-29(33)27(19-36-26-8-5-4-6-9-26)39-30-37-17-25(18-38-30)23-10-11-24(15-31)28(14-23)42-22(2)16-34-21-35-20-32/h10-11,14,17-22,26H,3-9,12-13,16,33H2,1-2H3,(H2,32,34,35)(H,37,38,39)/b29-27-,36-19?/t22-/m0/s1. The summed E-state index contributed by atoms with van der Waals surface area (Å²) in [5, 5.41) is 12.7. The van der Waals surface area contributed by atoms with Gasteiger partial charge >= 0.3 is 0 Å². The average Bonchev–Trinajstić information content (AvgIpc) is 3.02.